The first-order valence-electron chi connectivity index (χ1n) is 9.39. The van der Waals surface area contributed by atoms with E-state index in [0.29, 0.717) is 10.6 Å². The van der Waals surface area contributed by atoms with E-state index < -0.39 is 0 Å². The van der Waals surface area contributed by atoms with Crippen LogP contribution in [0.2, 0.25) is 5.02 Å². The average Bonchev–Trinajstić information content (AvgIpc) is 3.23. The Morgan fingerprint density at radius 3 is 2.71 bits per heavy atom. The van der Waals surface area contributed by atoms with Gasteiger partial charge in [-0.15, -0.1) is 11.3 Å². The molecular formula is C22H21ClN2O2S. The number of benzene rings is 1. The summed E-state index contributed by atoms with van der Waals surface area (Å²) in [4.78, 5) is 19.7. The van der Waals surface area contributed by atoms with Crippen LogP contribution < -0.4 is 0 Å². The third-order valence-electron chi connectivity index (χ3n) is 5.11. The van der Waals surface area contributed by atoms with E-state index in [9.17, 15) is 9.90 Å². The number of carbonyl (C=O) groups is 1. The van der Waals surface area contributed by atoms with Crippen molar-refractivity contribution in [2.75, 3.05) is 13.1 Å². The number of hydrogen-bond acceptors (Lipinski definition) is 4. The van der Waals surface area contributed by atoms with Crippen LogP contribution in [0, 0.1) is 0 Å². The summed E-state index contributed by atoms with van der Waals surface area (Å²) < 4.78 is 0. The van der Waals surface area contributed by atoms with Crippen LogP contribution in [-0.4, -0.2) is 34.0 Å². The first kappa shape index (κ1) is 19.1. The molecule has 3 aromatic rings. The minimum atomic E-state index is -0.0511. The lowest BCUT2D eigenvalue weighted by atomic mass is 10.0. The van der Waals surface area contributed by atoms with Crippen molar-refractivity contribution in [1.29, 1.82) is 0 Å². The van der Waals surface area contributed by atoms with Gasteiger partial charge in [-0.2, -0.15) is 0 Å². The Morgan fingerprint density at radius 2 is 1.96 bits per heavy atom. The third kappa shape index (κ3) is 3.83. The van der Waals surface area contributed by atoms with Gasteiger partial charge in [-0.1, -0.05) is 17.7 Å². The predicted molar refractivity (Wildman–Crippen MR) is 114 cm³/mol. The van der Waals surface area contributed by atoms with E-state index in [1.807, 2.05) is 28.5 Å². The van der Waals surface area contributed by atoms with Crippen LogP contribution >= 0.6 is 22.9 Å². The van der Waals surface area contributed by atoms with Crippen LogP contribution in [0.3, 0.4) is 0 Å². The summed E-state index contributed by atoms with van der Waals surface area (Å²) >= 11 is 8.14. The number of rotatable bonds is 4. The van der Waals surface area contributed by atoms with Gasteiger partial charge in [0.2, 0.25) is 0 Å². The van der Waals surface area contributed by atoms with Gasteiger partial charge < -0.3 is 10.0 Å². The number of hydrogen-bond donors (Lipinski definition) is 1. The first-order chi connectivity index (χ1) is 13.7. The summed E-state index contributed by atoms with van der Waals surface area (Å²) in [5.41, 5.74) is 4.32. The van der Waals surface area contributed by atoms with Crippen LogP contribution in [0.5, 0.6) is 0 Å². The maximum atomic E-state index is 12.7. The molecule has 1 saturated heterocycles. The van der Waals surface area contributed by atoms with Gasteiger partial charge in [0, 0.05) is 57.6 Å². The van der Waals surface area contributed by atoms with Crippen LogP contribution in [0.25, 0.3) is 21.6 Å². The number of nitrogens with zero attached hydrogens (tertiary/aromatic N) is 2. The quantitative estimate of drug-likeness (QED) is 0.636. The molecule has 1 fully saturated rings. The SMILES string of the molecule is O=C(c1ccc(-c2csc(-c3ccncc3CO)c2)c(Cl)c1)N1CCCCC1. The Balaban J connectivity index is 1.60. The molecule has 0 saturated carbocycles. The summed E-state index contributed by atoms with van der Waals surface area (Å²) in [7, 11) is 0. The Morgan fingerprint density at radius 1 is 1.14 bits per heavy atom. The van der Waals surface area contributed by atoms with Crippen molar-refractivity contribution in [3.63, 3.8) is 0 Å². The highest BCUT2D eigenvalue weighted by Crippen LogP contribution is 2.37. The number of amides is 1. The maximum Gasteiger partial charge on any atom is 0.253 e. The lowest BCUT2D eigenvalue weighted by molar-refractivity contribution is 0.0724. The van der Waals surface area contributed by atoms with Crippen LogP contribution in [0.15, 0.2) is 48.1 Å². The fourth-order valence-electron chi connectivity index (χ4n) is 3.57. The van der Waals surface area contributed by atoms with E-state index in [1.165, 1.54) is 6.42 Å². The number of pyridine rings is 1. The number of halogens is 1. The number of thiophene rings is 1. The van der Waals surface area contributed by atoms with Crippen molar-refractivity contribution in [1.82, 2.24) is 9.88 Å². The van der Waals surface area contributed by atoms with Crippen molar-refractivity contribution >= 4 is 28.8 Å². The van der Waals surface area contributed by atoms with Gasteiger partial charge >= 0.3 is 0 Å². The van der Waals surface area contributed by atoms with Crippen molar-refractivity contribution < 1.29 is 9.90 Å². The summed E-state index contributed by atoms with van der Waals surface area (Å²) in [6, 6.07) is 9.53. The molecule has 0 unspecified atom stereocenters. The lowest BCUT2D eigenvalue weighted by Crippen LogP contribution is -2.35. The van der Waals surface area contributed by atoms with Gasteiger partial charge in [-0.3, -0.25) is 9.78 Å². The van der Waals surface area contributed by atoms with Crippen LogP contribution in [-0.2, 0) is 6.61 Å². The Labute approximate surface area is 173 Å². The Bertz CT molecular complexity index is 996. The average molecular weight is 413 g/mol. The van der Waals surface area contributed by atoms with Gasteiger partial charge in [0.25, 0.3) is 5.91 Å². The second kappa shape index (κ2) is 8.43. The molecule has 6 heteroatoms. The Kier molecular flexibility index (Phi) is 5.76. The topological polar surface area (TPSA) is 53.4 Å². The third-order valence-corrected chi connectivity index (χ3v) is 6.39. The highest BCUT2D eigenvalue weighted by Gasteiger charge is 2.19. The normalized spacial score (nSPS) is 14.3. The molecule has 28 heavy (non-hydrogen) atoms. The summed E-state index contributed by atoms with van der Waals surface area (Å²) in [6.07, 6.45) is 6.74. The molecule has 144 valence electrons. The van der Waals surface area contributed by atoms with Gasteiger partial charge in [-0.05, 0) is 54.5 Å². The standard InChI is InChI=1S/C22H21ClN2O2S/c23-20-10-15(22(27)25-8-2-1-3-9-25)4-5-18(20)16-11-21(28-14-16)19-6-7-24-12-17(19)13-26/h4-7,10-12,14,26H,1-3,8-9,13H2. The molecule has 2 aromatic heterocycles. The molecule has 1 amide bonds. The van der Waals surface area contributed by atoms with E-state index in [-0.39, 0.29) is 12.5 Å². The number of likely N-dealkylation sites (tertiary alicyclic amines) is 1. The summed E-state index contributed by atoms with van der Waals surface area (Å²) in [5.74, 6) is 0.0588. The zero-order valence-electron chi connectivity index (χ0n) is 15.4. The molecule has 1 N–H and O–H groups in total. The number of aliphatic hydroxyl groups excluding tert-OH is 1. The van der Waals surface area contributed by atoms with E-state index in [1.54, 1.807) is 29.8 Å². The molecule has 4 rings (SSSR count). The molecule has 1 aliphatic heterocycles. The van der Waals surface area contributed by atoms with Crippen molar-refractivity contribution in [2.45, 2.75) is 25.9 Å². The Hall–Kier alpha value is -2.21. The van der Waals surface area contributed by atoms with E-state index in [2.05, 4.69) is 11.1 Å². The molecule has 4 nitrogen and oxygen atoms in total. The van der Waals surface area contributed by atoms with E-state index >= 15 is 0 Å². The van der Waals surface area contributed by atoms with Gasteiger partial charge in [0.05, 0.1) is 6.61 Å². The minimum absolute atomic E-state index is 0.0511. The van der Waals surface area contributed by atoms with Gasteiger partial charge in [0.15, 0.2) is 0 Å². The van der Waals surface area contributed by atoms with Crippen molar-refractivity contribution in [2.24, 2.45) is 0 Å². The number of aliphatic hydroxyl groups is 1. The number of aromatic nitrogens is 1. The molecule has 1 aromatic carbocycles. The highest BCUT2D eigenvalue weighted by atomic mass is 35.5. The predicted octanol–water partition coefficient (Wildman–Crippen LogP) is 5.25. The second-order valence-corrected chi connectivity index (χ2v) is 8.26. The minimum Gasteiger partial charge on any atom is -0.392 e. The fraction of sp³-hybridized carbons (Fsp3) is 0.273. The van der Waals surface area contributed by atoms with E-state index in [4.69, 9.17) is 11.6 Å². The molecule has 3 heterocycles. The summed E-state index contributed by atoms with van der Waals surface area (Å²) in [5, 5.41) is 12.2. The second-order valence-electron chi connectivity index (χ2n) is 6.94. The molecular weight excluding hydrogens is 392 g/mol. The smallest absolute Gasteiger partial charge is 0.253 e. The lowest BCUT2D eigenvalue weighted by Gasteiger charge is -2.26. The number of piperidine rings is 1. The monoisotopic (exact) mass is 412 g/mol. The van der Waals surface area contributed by atoms with Crippen LogP contribution in [0.1, 0.15) is 35.2 Å². The maximum absolute atomic E-state index is 12.7. The first-order valence-corrected chi connectivity index (χ1v) is 10.6. The van der Waals surface area contributed by atoms with Crippen LogP contribution in [0.4, 0.5) is 0 Å². The molecule has 0 atom stereocenters. The molecule has 0 spiro atoms. The van der Waals surface area contributed by atoms with Gasteiger partial charge in [0.1, 0.15) is 0 Å². The van der Waals surface area contributed by atoms with Crippen molar-refractivity contribution in [3.8, 4) is 21.6 Å². The van der Waals surface area contributed by atoms with Gasteiger partial charge in [-0.25, -0.2) is 0 Å². The molecule has 0 aliphatic carbocycles. The number of carbonyl (C=O) groups excluding carboxylic acids is 1. The highest BCUT2D eigenvalue weighted by molar-refractivity contribution is 7.14. The van der Waals surface area contributed by atoms with E-state index in [0.717, 1.165) is 53.1 Å². The fourth-order valence-corrected chi connectivity index (χ4v) is 4.83. The largest absolute Gasteiger partial charge is 0.392 e. The summed E-state index contributed by atoms with van der Waals surface area (Å²) in [6.45, 7) is 1.60. The zero-order valence-corrected chi connectivity index (χ0v) is 17.0. The van der Waals surface area contributed by atoms with Crippen molar-refractivity contribution in [3.05, 3.63) is 64.3 Å². The zero-order chi connectivity index (χ0) is 19.5. The molecule has 1 aliphatic rings. The molecule has 0 radical (unpaired) electrons. The molecule has 0 bridgehead atoms.